The van der Waals surface area contributed by atoms with Crippen molar-refractivity contribution in [3.63, 3.8) is 0 Å². The number of benzene rings is 1. The lowest BCUT2D eigenvalue weighted by Gasteiger charge is -2.24. The first-order valence-electron chi connectivity index (χ1n) is 7.02. The zero-order valence-corrected chi connectivity index (χ0v) is 11.0. The molecule has 1 unspecified atom stereocenters. The second-order valence-electron chi connectivity index (χ2n) is 5.43. The molecule has 2 aliphatic rings. The van der Waals surface area contributed by atoms with Gasteiger partial charge in [0.05, 0.1) is 12.6 Å². The number of para-hydroxylation sites is 1. The summed E-state index contributed by atoms with van der Waals surface area (Å²) in [5.74, 6) is 0.448. The lowest BCUT2D eigenvalue weighted by Crippen LogP contribution is -2.38. The summed E-state index contributed by atoms with van der Waals surface area (Å²) in [5.41, 5.74) is 2.40. The zero-order valence-electron chi connectivity index (χ0n) is 11.0. The summed E-state index contributed by atoms with van der Waals surface area (Å²) in [6.07, 6.45) is 2.48. The van der Waals surface area contributed by atoms with Crippen LogP contribution in [-0.2, 0) is 4.79 Å². The number of hydrogen-bond donors (Lipinski definition) is 2. The number of nitrogens with zero attached hydrogens (tertiary/aromatic N) is 1. The molecule has 0 aromatic heterocycles. The molecule has 2 heterocycles. The summed E-state index contributed by atoms with van der Waals surface area (Å²) in [6, 6.07) is 8.23. The number of carbonyl (C=O) groups is 1. The lowest BCUT2D eigenvalue weighted by atomic mass is 9.97. The molecule has 1 aromatic carbocycles. The van der Waals surface area contributed by atoms with Gasteiger partial charge in [0.25, 0.3) is 0 Å². The van der Waals surface area contributed by atoms with Crippen LogP contribution >= 0.6 is 0 Å². The number of carbonyl (C=O) groups excluding carboxylic acids is 1. The van der Waals surface area contributed by atoms with Gasteiger partial charge in [-0.3, -0.25) is 4.79 Å². The molecule has 0 bridgehead atoms. The van der Waals surface area contributed by atoms with E-state index in [9.17, 15) is 9.90 Å². The fourth-order valence-electron chi connectivity index (χ4n) is 3.22. The van der Waals surface area contributed by atoms with Crippen molar-refractivity contribution >= 4 is 11.6 Å². The molecule has 0 saturated carbocycles. The molecule has 2 N–H and O–H groups in total. The lowest BCUT2D eigenvalue weighted by molar-refractivity contribution is -0.133. The minimum absolute atomic E-state index is 0.0390. The van der Waals surface area contributed by atoms with Gasteiger partial charge in [0.2, 0.25) is 5.91 Å². The van der Waals surface area contributed by atoms with Crippen LogP contribution in [0.3, 0.4) is 0 Å². The molecular weight excluding hydrogens is 240 g/mol. The predicted molar refractivity (Wildman–Crippen MR) is 74.1 cm³/mol. The second-order valence-corrected chi connectivity index (χ2v) is 5.43. The molecule has 0 spiro atoms. The van der Waals surface area contributed by atoms with E-state index in [1.165, 1.54) is 5.56 Å². The zero-order chi connectivity index (χ0) is 13.2. The van der Waals surface area contributed by atoms with Gasteiger partial charge in [-0.1, -0.05) is 18.2 Å². The Morgan fingerprint density at radius 1 is 1.42 bits per heavy atom. The number of aliphatic hydroxyl groups excluding tert-OH is 1. The Morgan fingerprint density at radius 3 is 3.11 bits per heavy atom. The Hall–Kier alpha value is -1.55. The highest BCUT2D eigenvalue weighted by atomic mass is 16.3. The Labute approximate surface area is 113 Å². The number of nitrogens with one attached hydrogen (secondary N) is 1. The molecule has 0 radical (unpaired) electrons. The third-order valence-corrected chi connectivity index (χ3v) is 4.27. The number of fused-ring (bicyclic) bond motifs is 1. The smallest absolute Gasteiger partial charge is 0.223 e. The summed E-state index contributed by atoms with van der Waals surface area (Å²) in [7, 11) is 0. The Morgan fingerprint density at radius 2 is 2.26 bits per heavy atom. The largest absolute Gasteiger partial charge is 0.394 e. The first-order chi connectivity index (χ1) is 9.29. The summed E-state index contributed by atoms with van der Waals surface area (Å²) in [4.78, 5) is 14.2. The minimum atomic E-state index is 0.0390. The molecule has 1 fully saturated rings. The van der Waals surface area contributed by atoms with Gasteiger partial charge in [-0.2, -0.15) is 0 Å². The van der Waals surface area contributed by atoms with Gasteiger partial charge < -0.3 is 15.3 Å². The maximum atomic E-state index is 12.4. The Kier molecular flexibility index (Phi) is 3.42. The third-order valence-electron chi connectivity index (χ3n) is 4.27. The van der Waals surface area contributed by atoms with Gasteiger partial charge >= 0.3 is 0 Å². The molecular formula is C15H20N2O2. The van der Waals surface area contributed by atoms with Crippen molar-refractivity contribution in [2.75, 3.05) is 25.0 Å². The van der Waals surface area contributed by atoms with Crippen LogP contribution in [0.5, 0.6) is 0 Å². The van der Waals surface area contributed by atoms with Crippen molar-refractivity contribution < 1.29 is 9.90 Å². The molecule has 102 valence electrons. The summed E-state index contributed by atoms with van der Waals surface area (Å²) in [6.45, 7) is 1.72. The van der Waals surface area contributed by atoms with Crippen molar-refractivity contribution in [1.82, 2.24) is 4.90 Å². The van der Waals surface area contributed by atoms with Gasteiger partial charge in [-0.25, -0.2) is 0 Å². The molecule has 1 aromatic rings. The number of rotatable bonds is 3. The van der Waals surface area contributed by atoms with E-state index in [4.69, 9.17) is 0 Å². The SMILES string of the molecule is O=C(CC1CNc2ccccc21)N1CCC[C@H]1CO. The standard InChI is InChI=1S/C15H20N2O2/c18-10-12-4-3-7-17(12)15(19)8-11-9-16-14-6-2-1-5-13(11)14/h1-2,5-6,11-12,16,18H,3-4,7-10H2/t11?,12-/m0/s1. The molecule has 4 nitrogen and oxygen atoms in total. The van der Waals surface area contributed by atoms with Gasteiger partial charge in [0.1, 0.15) is 0 Å². The van der Waals surface area contributed by atoms with E-state index < -0.39 is 0 Å². The van der Waals surface area contributed by atoms with E-state index >= 15 is 0 Å². The topological polar surface area (TPSA) is 52.6 Å². The first kappa shape index (κ1) is 12.5. The second kappa shape index (κ2) is 5.21. The van der Waals surface area contributed by atoms with Crippen molar-refractivity contribution in [1.29, 1.82) is 0 Å². The van der Waals surface area contributed by atoms with Gasteiger partial charge in [0.15, 0.2) is 0 Å². The van der Waals surface area contributed by atoms with Crippen LogP contribution < -0.4 is 5.32 Å². The van der Waals surface area contributed by atoms with Crippen molar-refractivity contribution in [3.05, 3.63) is 29.8 Å². The molecule has 2 aliphatic heterocycles. The maximum Gasteiger partial charge on any atom is 0.223 e. The number of amides is 1. The highest BCUT2D eigenvalue weighted by Gasteiger charge is 2.31. The van der Waals surface area contributed by atoms with E-state index in [2.05, 4.69) is 17.4 Å². The number of aliphatic hydroxyl groups is 1. The molecule has 4 heteroatoms. The molecule has 1 amide bonds. The average molecular weight is 260 g/mol. The third kappa shape index (κ3) is 2.32. The van der Waals surface area contributed by atoms with Crippen molar-refractivity contribution in [2.45, 2.75) is 31.2 Å². The number of likely N-dealkylation sites (tertiary alicyclic amines) is 1. The predicted octanol–water partition coefficient (Wildman–Crippen LogP) is 1.57. The minimum Gasteiger partial charge on any atom is -0.394 e. The normalized spacial score (nSPS) is 25.2. The summed E-state index contributed by atoms with van der Waals surface area (Å²) >= 11 is 0. The quantitative estimate of drug-likeness (QED) is 0.867. The Bertz CT molecular complexity index is 475. The molecule has 3 rings (SSSR count). The van der Waals surface area contributed by atoms with Crippen LogP contribution in [0.1, 0.15) is 30.7 Å². The van der Waals surface area contributed by atoms with Gasteiger partial charge in [-0.15, -0.1) is 0 Å². The maximum absolute atomic E-state index is 12.4. The molecule has 19 heavy (non-hydrogen) atoms. The van der Waals surface area contributed by atoms with Crippen LogP contribution in [0.4, 0.5) is 5.69 Å². The van der Waals surface area contributed by atoms with Crippen molar-refractivity contribution in [2.24, 2.45) is 0 Å². The van der Waals surface area contributed by atoms with E-state index in [1.807, 2.05) is 17.0 Å². The van der Waals surface area contributed by atoms with E-state index in [0.717, 1.165) is 31.6 Å². The number of anilines is 1. The first-order valence-corrected chi connectivity index (χ1v) is 7.02. The van der Waals surface area contributed by atoms with Gasteiger partial charge in [-0.05, 0) is 24.5 Å². The van der Waals surface area contributed by atoms with E-state index in [1.54, 1.807) is 0 Å². The summed E-state index contributed by atoms with van der Waals surface area (Å²) < 4.78 is 0. The molecule has 2 atom stereocenters. The monoisotopic (exact) mass is 260 g/mol. The van der Waals surface area contributed by atoms with Crippen LogP contribution in [-0.4, -0.2) is 41.7 Å². The highest BCUT2D eigenvalue weighted by molar-refractivity contribution is 5.79. The van der Waals surface area contributed by atoms with Gasteiger partial charge in [0, 0.05) is 31.1 Å². The van der Waals surface area contributed by atoms with Crippen LogP contribution in [0.25, 0.3) is 0 Å². The number of hydrogen-bond acceptors (Lipinski definition) is 3. The fraction of sp³-hybridized carbons (Fsp3) is 0.533. The highest BCUT2D eigenvalue weighted by Crippen LogP contribution is 2.34. The van der Waals surface area contributed by atoms with Crippen LogP contribution in [0.2, 0.25) is 0 Å². The van der Waals surface area contributed by atoms with Crippen LogP contribution in [0, 0.1) is 0 Å². The van der Waals surface area contributed by atoms with Crippen LogP contribution in [0.15, 0.2) is 24.3 Å². The molecule has 0 aliphatic carbocycles. The van der Waals surface area contributed by atoms with Crippen molar-refractivity contribution in [3.8, 4) is 0 Å². The fourth-order valence-corrected chi connectivity index (χ4v) is 3.22. The summed E-state index contributed by atoms with van der Waals surface area (Å²) in [5, 5.41) is 12.6. The van der Waals surface area contributed by atoms with E-state index in [-0.39, 0.29) is 24.5 Å². The Balaban J connectivity index is 1.68. The average Bonchev–Trinajstić information content (AvgIpc) is 3.05. The molecule has 1 saturated heterocycles. The van der Waals surface area contributed by atoms with E-state index in [0.29, 0.717) is 6.42 Å².